The number of aromatic nitrogens is 4. The van der Waals surface area contributed by atoms with Gasteiger partial charge in [0.2, 0.25) is 0 Å². The van der Waals surface area contributed by atoms with E-state index < -0.39 is 6.55 Å². The van der Waals surface area contributed by atoms with Crippen molar-refractivity contribution in [1.29, 1.82) is 0 Å². The topological polar surface area (TPSA) is 43.6 Å². The van der Waals surface area contributed by atoms with Gasteiger partial charge in [-0.1, -0.05) is 35.2 Å². The van der Waals surface area contributed by atoms with E-state index in [1.807, 2.05) is 13.8 Å². The van der Waals surface area contributed by atoms with Gasteiger partial charge in [0.1, 0.15) is 10.8 Å². The van der Waals surface area contributed by atoms with Crippen molar-refractivity contribution in [3.8, 4) is 0 Å². The molecule has 0 radical (unpaired) electrons. The summed E-state index contributed by atoms with van der Waals surface area (Å²) in [5.41, 5.74) is 1.03. The predicted molar refractivity (Wildman–Crippen MR) is 79.9 cm³/mol. The Balaban J connectivity index is 2.00. The van der Waals surface area contributed by atoms with Crippen LogP contribution in [0.1, 0.15) is 29.6 Å². The van der Waals surface area contributed by atoms with Crippen molar-refractivity contribution in [2.45, 2.75) is 30.0 Å². The first-order valence-electron chi connectivity index (χ1n) is 6.28. The van der Waals surface area contributed by atoms with E-state index in [2.05, 4.69) is 15.2 Å². The maximum atomic E-state index is 13.4. The molecular weight excluding hydrogens is 314 g/mol. The van der Waals surface area contributed by atoms with E-state index in [0.717, 1.165) is 13.9 Å². The van der Waals surface area contributed by atoms with Crippen LogP contribution < -0.4 is 0 Å². The van der Waals surface area contributed by atoms with E-state index in [-0.39, 0.29) is 5.25 Å². The first-order valence-corrected chi connectivity index (χ1v) is 7.97. The molecule has 3 aromatic rings. The summed E-state index contributed by atoms with van der Waals surface area (Å²) in [6.45, 7) is 1.09. The highest BCUT2D eigenvalue weighted by Crippen LogP contribution is 2.38. The summed E-state index contributed by atoms with van der Waals surface area (Å²) in [6, 6.07) is 6.92. The van der Waals surface area contributed by atoms with E-state index in [0.29, 0.717) is 16.9 Å². The zero-order chi connectivity index (χ0) is 15.0. The number of nitrogens with zero attached hydrogens (tertiary/aromatic N) is 4. The van der Waals surface area contributed by atoms with Crippen molar-refractivity contribution >= 4 is 34.1 Å². The predicted octanol–water partition coefficient (Wildman–Crippen LogP) is 4.44. The van der Waals surface area contributed by atoms with Crippen LogP contribution in [0.4, 0.5) is 8.78 Å². The third kappa shape index (κ3) is 2.77. The molecule has 0 amide bonds. The summed E-state index contributed by atoms with van der Waals surface area (Å²) in [7, 11) is 0. The fraction of sp³-hybridized carbons (Fsp3) is 0.308. The minimum Gasteiger partial charge on any atom is -0.269 e. The van der Waals surface area contributed by atoms with Crippen molar-refractivity contribution in [2.75, 3.05) is 0 Å². The van der Waals surface area contributed by atoms with Gasteiger partial charge in [-0.3, -0.25) is 4.57 Å². The van der Waals surface area contributed by atoms with Gasteiger partial charge in [-0.15, -0.1) is 10.2 Å². The lowest BCUT2D eigenvalue weighted by molar-refractivity contribution is 0.0715. The van der Waals surface area contributed by atoms with E-state index >= 15 is 0 Å². The Hall–Kier alpha value is -1.54. The van der Waals surface area contributed by atoms with Crippen LogP contribution in [0.5, 0.6) is 0 Å². The lowest BCUT2D eigenvalue weighted by Gasteiger charge is -2.12. The number of alkyl halides is 2. The van der Waals surface area contributed by atoms with E-state index in [1.54, 1.807) is 24.3 Å². The summed E-state index contributed by atoms with van der Waals surface area (Å²) in [5, 5.41) is 8.57. The zero-order valence-corrected chi connectivity index (χ0v) is 13.0. The molecule has 21 heavy (non-hydrogen) atoms. The molecule has 0 saturated heterocycles. The van der Waals surface area contributed by atoms with Crippen LogP contribution in [0.15, 0.2) is 28.6 Å². The molecule has 110 valence electrons. The average molecular weight is 326 g/mol. The first kappa shape index (κ1) is 14.4. The van der Waals surface area contributed by atoms with Crippen LogP contribution in [0.2, 0.25) is 0 Å². The smallest absolute Gasteiger partial charge is 0.269 e. The van der Waals surface area contributed by atoms with Crippen LogP contribution in [0.25, 0.3) is 11.0 Å². The fourth-order valence-electron chi connectivity index (χ4n) is 2.08. The average Bonchev–Trinajstić information content (AvgIpc) is 3.02. The fourth-order valence-corrected chi connectivity index (χ4v) is 4.15. The maximum absolute atomic E-state index is 13.4. The lowest BCUT2D eigenvalue weighted by atomic mass is 10.3. The quantitative estimate of drug-likeness (QED) is 0.665. The molecule has 0 N–H and O–H groups in total. The van der Waals surface area contributed by atoms with E-state index in [4.69, 9.17) is 0 Å². The van der Waals surface area contributed by atoms with Gasteiger partial charge in [0.15, 0.2) is 4.34 Å². The van der Waals surface area contributed by atoms with Gasteiger partial charge in [0.25, 0.3) is 0 Å². The Morgan fingerprint density at radius 2 is 2.00 bits per heavy atom. The molecule has 0 spiro atoms. The SMILES string of the molecule is Cc1nnc(SC(C)c2nc3ccccc3n2C(F)F)s1. The number of imidazole rings is 1. The number of halogens is 2. The lowest BCUT2D eigenvalue weighted by Crippen LogP contribution is -2.06. The highest BCUT2D eigenvalue weighted by Gasteiger charge is 2.23. The van der Waals surface area contributed by atoms with Gasteiger partial charge in [0, 0.05) is 0 Å². The molecule has 8 heteroatoms. The van der Waals surface area contributed by atoms with Crippen LogP contribution in [0, 0.1) is 6.92 Å². The third-order valence-electron chi connectivity index (χ3n) is 2.97. The number of rotatable bonds is 4. The second-order valence-corrected chi connectivity index (χ2v) is 7.22. The molecule has 0 saturated carbocycles. The van der Waals surface area contributed by atoms with Gasteiger partial charge in [-0.25, -0.2) is 4.98 Å². The number of thioether (sulfide) groups is 1. The summed E-state index contributed by atoms with van der Waals surface area (Å²) in [6.07, 6.45) is 0. The molecule has 0 aliphatic rings. The summed E-state index contributed by atoms with van der Waals surface area (Å²) in [5.74, 6) is 0.351. The molecule has 0 aliphatic heterocycles. The Morgan fingerprint density at radius 1 is 1.24 bits per heavy atom. The Labute approximate surface area is 128 Å². The molecule has 3 rings (SSSR count). The molecule has 0 aliphatic carbocycles. The highest BCUT2D eigenvalue weighted by atomic mass is 32.2. The summed E-state index contributed by atoms with van der Waals surface area (Å²) in [4.78, 5) is 4.36. The number of hydrogen-bond acceptors (Lipinski definition) is 5. The highest BCUT2D eigenvalue weighted by molar-refractivity contribution is 8.01. The van der Waals surface area contributed by atoms with Gasteiger partial charge in [0.05, 0.1) is 16.3 Å². The number of hydrogen-bond donors (Lipinski definition) is 0. The van der Waals surface area contributed by atoms with E-state index in [1.165, 1.54) is 23.1 Å². The molecule has 2 aromatic heterocycles. The summed E-state index contributed by atoms with van der Waals surface area (Å²) < 4.78 is 28.5. The van der Waals surface area contributed by atoms with Crippen LogP contribution >= 0.6 is 23.1 Å². The van der Waals surface area contributed by atoms with Crippen molar-refractivity contribution in [2.24, 2.45) is 0 Å². The van der Waals surface area contributed by atoms with Crippen LogP contribution in [-0.2, 0) is 0 Å². The van der Waals surface area contributed by atoms with E-state index in [9.17, 15) is 8.78 Å². The Morgan fingerprint density at radius 3 is 2.67 bits per heavy atom. The van der Waals surface area contributed by atoms with Gasteiger partial charge >= 0.3 is 6.55 Å². The molecule has 1 unspecified atom stereocenters. The standard InChI is InChI=1S/C13H12F2N4S2/c1-7(20-13-18-17-8(2)21-13)11-16-9-5-3-4-6-10(9)19(11)12(14)15/h3-7,12H,1-2H3. The number of benzene rings is 1. The molecule has 2 heterocycles. The number of para-hydroxylation sites is 2. The second-order valence-electron chi connectivity index (χ2n) is 4.45. The Kier molecular flexibility index (Phi) is 3.90. The number of aryl methyl sites for hydroxylation is 1. The van der Waals surface area contributed by atoms with Crippen LogP contribution in [0.3, 0.4) is 0 Å². The largest absolute Gasteiger partial charge is 0.320 e. The maximum Gasteiger partial charge on any atom is 0.320 e. The molecule has 1 atom stereocenters. The summed E-state index contributed by atoms with van der Waals surface area (Å²) >= 11 is 2.84. The van der Waals surface area contributed by atoms with Crippen molar-refractivity contribution in [3.05, 3.63) is 35.1 Å². The minimum absolute atomic E-state index is 0.237. The molecule has 0 bridgehead atoms. The third-order valence-corrected chi connectivity index (χ3v) is 4.99. The second kappa shape index (κ2) is 5.69. The van der Waals surface area contributed by atoms with Gasteiger partial charge < -0.3 is 0 Å². The molecule has 1 aromatic carbocycles. The van der Waals surface area contributed by atoms with Crippen molar-refractivity contribution in [3.63, 3.8) is 0 Å². The minimum atomic E-state index is -2.62. The molecular formula is C13H12F2N4S2. The monoisotopic (exact) mass is 326 g/mol. The van der Waals surface area contributed by atoms with Crippen molar-refractivity contribution in [1.82, 2.24) is 19.7 Å². The molecule has 0 fully saturated rings. The normalized spacial score (nSPS) is 13.2. The van der Waals surface area contributed by atoms with Crippen molar-refractivity contribution < 1.29 is 8.78 Å². The first-order chi connectivity index (χ1) is 10.1. The molecule has 4 nitrogen and oxygen atoms in total. The zero-order valence-electron chi connectivity index (χ0n) is 11.3. The van der Waals surface area contributed by atoms with Gasteiger partial charge in [-0.05, 0) is 26.0 Å². The Bertz CT molecular complexity index is 768. The van der Waals surface area contributed by atoms with Gasteiger partial charge in [-0.2, -0.15) is 8.78 Å². The number of fused-ring (bicyclic) bond motifs is 1. The van der Waals surface area contributed by atoms with Crippen LogP contribution in [-0.4, -0.2) is 19.7 Å².